The zero-order valence-electron chi connectivity index (χ0n) is 11.8. The maximum atomic E-state index is 12.9. The molecule has 0 saturated carbocycles. The second-order valence-corrected chi connectivity index (χ2v) is 4.80. The van der Waals surface area contributed by atoms with Crippen molar-refractivity contribution in [1.29, 1.82) is 0 Å². The minimum Gasteiger partial charge on any atom is -0.312 e. The number of halogens is 3. The highest BCUT2D eigenvalue weighted by molar-refractivity contribution is 5.10. The van der Waals surface area contributed by atoms with E-state index in [1.165, 1.54) is 0 Å². The molecule has 114 valence electrons. The molecule has 0 spiro atoms. The summed E-state index contributed by atoms with van der Waals surface area (Å²) in [4.78, 5) is 11.7. The summed E-state index contributed by atoms with van der Waals surface area (Å²) in [5.41, 5.74) is -1.50. The average molecular weight is 290 g/mol. The van der Waals surface area contributed by atoms with E-state index in [2.05, 4.69) is 5.32 Å². The first-order chi connectivity index (χ1) is 9.40. The smallest absolute Gasteiger partial charge is 0.312 e. The first-order valence-electron chi connectivity index (χ1n) is 6.90. The van der Waals surface area contributed by atoms with E-state index in [9.17, 15) is 18.0 Å². The molecule has 0 aliphatic heterocycles. The summed E-state index contributed by atoms with van der Waals surface area (Å²) in [7, 11) is 0. The first kappa shape index (κ1) is 16.8. The van der Waals surface area contributed by atoms with E-state index in [4.69, 9.17) is 0 Å². The maximum Gasteiger partial charge on any atom is 0.431 e. The van der Waals surface area contributed by atoms with E-state index in [0.29, 0.717) is 0 Å². The third-order valence-corrected chi connectivity index (χ3v) is 3.06. The van der Waals surface area contributed by atoms with Gasteiger partial charge in [-0.3, -0.25) is 4.79 Å². The van der Waals surface area contributed by atoms with Gasteiger partial charge in [-0.1, -0.05) is 26.3 Å². The van der Waals surface area contributed by atoms with Crippen LogP contribution in [0.4, 0.5) is 13.2 Å². The van der Waals surface area contributed by atoms with Crippen molar-refractivity contribution in [2.24, 2.45) is 0 Å². The number of hydrogen-bond donors (Lipinski definition) is 1. The highest BCUT2D eigenvalue weighted by atomic mass is 19.4. The molecule has 6 heteroatoms. The summed E-state index contributed by atoms with van der Waals surface area (Å²) in [5.74, 6) is 0. The standard InChI is InChI=1S/C14H21F3N2O/c1-3-6-11(18-9-4-2)10-19-12(14(15,16)17)7-5-8-13(19)20/h5,7-8,11,18H,3-4,6,9-10H2,1-2H3. The lowest BCUT2D eigenvalue weighted by atomic mass is 10.1. The van der Waals surface area contributed by atoms with Crippen LogP contribution in [0.25, 0.3) is 0 Å². The Morgan fingerprint density at radius 3 is 2.50 bits per heavy atom. The second kappa shape index (κ2) is 7.47. The van der Waals surface area contributed by atoms with Crippen molar-refractivity contribution in [2.75, 3.05) is 6.54 Å². The molecule has 1 rings (SSSR count). The van der Waals surface area contributed by atoms with Crippen LogP contribution >= 0.6 is 0 Å². The van der Waals surface area contributed by atoms with Crippen molar-refractivity contribution < 1.29 is 13.2 Å². The molecular formula is C14H21F3N2O. The molecule has 1 heterocycles. The number of rotatable bonds is 7. The Morgan fingerprint density at radius 2 is 1.95 bits per heavy atom. The van der Waals surface area contributed by atoms with Crippen molar-refractivity contribution in [3.63, 3.8) is 0 Å². The van der Waals surface area contributed by atoms with Gasteiger partial charge >= 0.3 is 6.18 Å². The third-order valence-electron chi connectivity index (χ3n) is 3.06. The lowest BCUT2D eigenvalue weighted by molar-refractivity contribution is -0.144. The van der Waals surface area contributed by atoms with Gasteiger partial charge in [0.15, 0.2) is 0 Å². The van der Waals surface area contributed by atoms with E-state index in [0.717, 1.165) is 48.6 Å². The van der Waals surface area contributed by atoms with Crippen molar-refractivity contribution >= 4 is 0 Å². The highest BCUT2D eigenvalue weighted by Gasteiger charge is 2.34. The molecule has 0 aromatic carbocycles. The van der Waals surface area contributed by atoms with Gasteiger partial charge in [0.2, 0.25) is 0 Å². The second-order valence-electron chi connectivity index (χ2n) is 4.80. The Balaban J connectivity index is 3.02. The van der Waals surface area contributed by atoms with Crippen LogP contribution in [0.15, 0.2) is 23.0 Å². The van der Waals surface area contributed by atoms with Gasteiger partial charge < -0.3 is 9.88 Å². The van der Waals surface area contributed by atoms with Crippen LogP contribution in [0.3, 0.4) is 0 Å². The normalized spacial score (nSPS) is 13.4. The quantitative estimate of drug-likeness (QED) is 0.837. The number of nitrogens with one attached hydrogen (secondary N) is 1. The Morgan fingerprint density at radius 1 is 1.25 bits per heavy atom. The molecule has 0 radical (unpaired) electrons. The van der Waals surface area contributed by atoms with Gasteiger partial charge in [-0.25, -0.2) is 0 Å². The lowest BCUT2D eigenvalue weighted by Crippen LogP contribution is -2.39. The molecule has 1 unspecified atom stereocenters. The fourth-order valence-electron chi connectivity index (χ4n) is 2.13. The van der Waals surface area contributed by atoms with Crippen LogP contribution in [0.1, 0.15) is 38.8 Å². The molecule has 0 fully saturated rings. The Labute approximate surface area is 116 Å². The Hall–Kier alpha value is -1.30. The molecule has 0 saturated heterocycles. The largest absolute Gasteiger partial charge is 0.431 e. The highest BCUT2D eigenvalue weighted by Crippen LogP contribution is 2.28. The van der Waals surface area contributed by atoms with Crippen LogP contribution in [-0.2, 0) is 12.7 Å². The fraction of sp³-hybridized carbons (Fsp3) is 0.643. The van der Waals surface area contributed by atoms with E-state index in [1.54, 1.807) is 0 Å². The van der Waals surface area contributed by atoms with Crippen molar-refractivity contribution in [2.45, 2.75) is 51.9 Å². The summed E-state index contributed by atoms with van der Waals surface area (Å²) >= 11 is 0. The summed E-state index contributed by atoms with van der Waals surface area (Å²) < 4.78 is 39.6. The number of aromatic nitrogens is 1. The van der Waals surface area contributed by atoms with E-state index in [-0.39, 0.29) is 12.6 Å². The molecular weight excluding hydrogens is 269 g/mol. The molecule has 1 atom stereocenters. The number of hydrogen-bond acceptors (Lipinski definition) is 2. The molecule has 20 heavy (non-hydrogen) atoms. The molecule has 3 nitrogen and oxygen atoms in total. The van der Waals surface area contributed by atoms with Gasteiger partial charge in [0.1, 0.15) is 5.69 Å². The minimum atomic E-state index is -4.51. The van der Waals surface area contributed by atoms with Crippen LogP contribution < -0.4 is 10.9 Å². The molecule has 1 aromatic rings. The molecule has 0 amide bonds. The van der Waals surface area contributed by atoms with Crippen LogP contribution in [-0.4, -0.2) is 17.2 Å². The SMILES string of the molecule is CCCNC(CCC)Cn1c(C(F)(F)F)cccc1=O. The molecule has 1 N–H and O–H groups in total. The number of pyridine rings is 1. The van der Waals surface area contributed by atoms with Gasteiger partial charge in [-0.2, -0.15) is 13.2 Å². The molecule has 1 aromatic heterocycles. The predicted molar refractivity (Wildman–Crippen MR) is 72.7 cm³/mol. The predicted octanol–water partition coefficient (Wildman–Crippen LogP) is 3.04. The molecule has 0 bridgehead atoms. The van der Waals surface area contributed by atoms with Gasteiger partial charge in [0.25, 0.3) is 5.56 Å². The lowest BCUT2D eigenvalue weighted by Gasteiger charge is -2.22. The number of nitrogens with zero attached hydrogens (tertiary/aromatic N) is 1. The Kier molecular flexibility index (Phi) is 6.26. The summed E-state index contributed by atoms with van der Waals surface area (Å²) in [6.45, 7) is 4.74. The van der Waals surface area contributed by atoms with Crippen LogP contribution in [0.2, 0.25) is 0 Å². The van der Waals surface area contributed by atoms with Crippen molar-refractivity contribution in [3.8, 4) is 0 Å². The topological polar surface area (TPSA) is 34.0 Å². The van der Waals surface area contributed by atoms with Crippen molar-refractivity contribution in [1.82, 2.24) is 9.88 Å². The van der Waals surface area contributed by atoms with Crippen LogP contribution in [0, 0.1) is 0 Å². The zero-order valence-corrected chi connectivity index (χ0v) is 11.8. The molecule has 0 aliphatic rings. The summed E-state index contributed by atoms with van der Waals surface area (Å²) in [6, 6.07) is 3.14. The summed E-state index contributed by atoms with van der Waals surface area (Å²) in [6.07, 6.45) is -2.03. The van der Waals surface area contributed by atoms with Crippen LogP contribution in [0.5, 0.6) is 0 Å². The van der Waals surface area contributed by atoms with E-state index < -0.39 is 17.4 Å². The van der Waals surface area contributed by atoms with Gasteiger partial charge in [0.05, 0.1) is 0 Å². The van der Waals surface area contributed by atoms with Crippen molar-refractivity contribution in [3.05, 3.63) is 34.2 Å². The minimum absolute atomic E-state index is 0.0440. The van der Waals surface area contributed by atoms with Gasteiger partial charge in [-0.15, -0.1) is 0 Å². The maximum absolute atomic E-state index is 12.9. The van der Waals surface area contributed by atoms with E-state index >= 15 is 0 Å². The Bertz CT molecular complexity index is 468. The van der Waals surface area contributed by atoms with Gasteiger partial charge in [0, 0.05) is 18.7 Å². The zero-order chi connectivity index (χ0) is 15.2. The third kappa shape index (κ3) is 4.67. The van der Waals surface area contributed by atoms with Gasteiger partial charge in [-0.05, 0) is 25.5 Å². The first-order valence-corrected chi connectivity index (χ1v) is 6.90. The summed E-state index contributed by atoms with van der Waals surface area (Å²) in [5, 5.41) is 3.20. The monoisotopic (exact) mass is 290 g/mol. The fourth-order valence-corrected chi connectivity index (χ4v) is 2.13. The van der Waals surface area contributed by atoms with E-state index in [1.807, 2.05) is 13.8 Å². The number of alkyl halides is 3. The molecule has 0 aliphatic carbocycles. The average Bonchev–Trinajstić information content (AvgIpc) is 2.37.